The van der Waals surface area contributed by atoms with E-state index in [0.717, 1.165) is 12.0 Å². The Balaban J connectivity index is 2.03. The normalized spacial score (nSPS) is 20.7. The molecule has 1 aromatic rings. The third kappa shape index (κ3) is 3.64. The van der Waals surface area contributed by atoms with Crippen LogP contribution in [-0.2, 0) is 9.53 Å². The summed E-state index contributed by atoms with van der Waals surface area (Å²) in [5, 5.41) is 2.84. The topological polar surface area (TPSA) is 84.7 Å². The minimum absolute atomic E-state index is 0.0300. The number of hydrogen-bond donors (Lipinski definition) is 2. The summed E-state index contributed by atoms with van der Waals surface area (Å²) in [7, 11) is 3.42. The molecule has 120 valence electrons. The average molecular weight is 305 g/mol. The molecule has 0 aromatic heterocycles. The van der Waals surface area contributed by atoms with Crippen molar-refractivity contribution in [3.05, 3.63) is 29.3 Å². The molecule has 1 saturated heterocycles. The fraction of sp³-hybridized carbons (Fsp3) is 0.500. The molecule has 2 atom stereocenters. The number of amides is 2. The maximum Gasteiger partial charge on any atom is 0.253 e. The van der Waals surface area contributed by atoms with Gasteiger partial charge in [-0.05, 0) is 43.5 Å². The Morgan fingerprint density at radius 2 is 2.09 bits per heavy atom. The lowest BCUT2D eigenvalue weighted by molar-refractivity contribution is -0.126. The number of hydrogen-bond acceptors (Lipinski definition) is 4. The molecule has 0 aliphatic carbocycles. The van der Waals surface area contributed by atoms with Crippen molar-refractivity contribution >= 4 is 17.5 Å². The first-order valence-corrected chi connectivity index (χ1v) is 7.41. The van der Waals surface area contributed by atoms with Gasteiger partial charge >= 0.3 is 0 Å². The van der Waals surface area contributed by atoms with Gasteiger partial charge in [0.1, 0.15) is 6.10 Å². The molecular formula is C16H23N3O3. The number of carbonyl (C=O) groups is 2. The Labute approximate surface area is 130 Å². The predicted octanol–water partition coefficient (Wildman–Crippen LogP) is 1.14. The van der Waals surface area contributed by atoms with Gasteiger partial charge in [0.2, 0.25) is 0 Å². The highest BCUT2D eigenvalue weighted by atomic mass is 16.5. The molecule has 0 saturated carbocycles. The summed E-state index contributed by atoms with van der Waals surface area (Å²) >= 11 is 0. The monoisotopic (exact) mass is 305 g/mol. The lowest BCUT2D eigenvalue weighted by Gasteiger charge is -2.15. The van der Waals surface area contributed by atoms with Crippen molar-refractivity contribution in [2.75, 3.05) is 26.0 Å². The molecule has 22 heavy (non-hydrogen) atoms. The van der Waals surface area contributed by atoms with E-state index < -0.39 is 6.10 Å². The van der Waals surface area contributed by atoms with E-state index >= 15 is 0 Å². The molecular weight excluding hydrogens is 282 g/mol. The van der Waals surface area contributed by atoms with E-state index in [4.69, 9.17) is 10.5 Å². The Bertz CT molecular complexity index is 572. The van der Waals surface area contributed by atoms with Crippen LogP contribution in [0.25, 0.3) is 0 Å². The lowest BCUT2D eigenvalue weighted by Crippen LogP contribution is -2.30. The second kappa shape index (κ2) is 6.89. The van der Waals surface area contributed by atoms with Gasteiger partial charge in [-0.1, -0.05) is 0 Å². The van der Waals surface area contributed by atoms with Crippen molar-refractivity contribution in [3.63, 3.8) is 0 Å². The maximum absolute atomic E-state index is 12.2. The van der Waals surface area contributed by atoms with Crippen LogP contribution in [0.15, 0.2) is 18.2 Å². The highest BCUT2D eigenvalue weighted by molar-refractivity contribution is 5.97. The van der Waals surface area contributed by atoms with Gasteiger partial charge in [-0.2, -0.15) is 0 Å². The minimum Gasteiger partial charge on any atom is -0.364 e. The van der Waals surface area contributed by atoms with Crippen LogP contribution in [0.1, 0.15) is 28.8 Å². The third-order valence-corrected chi connectivity index (χ3v) is 3.79. The fourth-order valence-electron chi connectivity index (χ4n) is 2.52. The molecule has 1 aromatic carbocycles. The van der Waals surface area contributed by atoms with Crippen molar-refractivity contribution in [1.29, 1.82) is 0 Å². The first kappa shape index (κ1) is 16.5. The van der Waals surface area contributed by atoms with Gasteiger partial charge in [-0.15, -0.1) is 0 Å². The number of nitrogens with one attached hydrogen (secondary N) is 1. The smallest absolute Gasteiger partial charge is 0.253 e. The van der Waals surface area contributed by atoms with Gasteiger partial charge in [-0.25, -0.2) is 0 Å². The molecule has 0 unspecified atom stereocenters. The first-order chi connectivity index (χ1) is 10.4. The summed E-state index contributed by atoms with van der Waals surface area (Å²) < 4.78 is 5.57. The molecule has 6 heteroatoms. The molecule has 1 aliphatic rings. The number of aryl methyl sites for hydroxylation is 1. The van der Waals surface area contributed by atoms with Crippen molar-refractivity contribution < 1.29 is 14.3 Å². The highest BCUT2D eigenvalue weighted by Gasteiger charge is 2.29. The van der Waals surface area contributed by atoms with Crippen LogP contribution < -0.4 is 11.1 Å². The number of anilines is 1. The van der Waals surface area contributed by atoms with Gasteiger partial charge in [0.15, 0.2) is 0 Å². The predicted molar refractivity (Wildman–Crippen MR) is 84.8 cm³/mol. The summed E-state index contributed by atoms with van der Waals surface area (Å²) in [6, 6.07) is 5.26. The SMILES string of the molecule is Cc1cc(NC(=O)[C@@H]2CC[C@H](CN)O2)ccc1C(=O)N(C)C. The Morgan fingerprint density at radius 1 is 1.36 bits per heavy atom. The second-order valence-electron chi connectivity index (χ2n) is 5.78. The Morgan fingerprint density at radius 3 is 2.64 bits per heavy atom. The number of rotatable bonds is 4. The standard InChI is InChI=1S/C16H23N3O3/c1-10-8-11(4-6-13(10)16(21)19(2)3)18-15(20)14-7-5-12(9-17)22-14/h4,6,8,12,14H,5,7,9,17H2,1-3H3,(H,18,20)/t12-,14+/m1/s1. The van der Waals surface area contributed by atoms with E-state index in [2.05, 4.69) is 5.32 Å². The number of nitrogens with zero attached hydrogens (tertiary/aromatic N) is 1. The van der Waals surface area contributed by atoms with E-state index in [-0.39, 0.29) is 17.9 Å². The van der Waals surface area contributed by atoms with Gasteiger partial charge in [0.05, 0.1) is 6.10 Å². The van der Waals surface area contributed by atoms with Crippen LogP contribution in [0.5, 0.6) is 0 Å². The summed E-state index contributed by atoms with van der Waals surface area (Å²) in [6.07, 6.45) is 1.02. The molecule has 0 radical (unpaired) electrons. The number of ether oxygens (including phenoxy) is 1. The van der Waals surface area contributed by atoms with Crippen LogP contribution >= 0.6 is 0 Å². The van der Waals surface area contributed by atoms with Gasteiger partial charge in [0.25, 0.3) is 11.8 Å². The van der Waals surface area contributed by atoms with Crippen LogP contribution in [-0.4, -0.2) is 49.6 Å². The van der Waals surface area contributed by atoms with Crippen LogP contribution in [0, 0.1) is 6.92 Å². The van der Waals surface area contributed by atoms with E-state index in [1.54, 1.807) is 32.3 Å². The van der Waals surface area contributed by atoms with Crippen LogP contribution in [0.2, 0.25) is 0 Å². The summed E-state index contributed by atoms with van der Waals surface area (Å²) in [6.45, 7) is 2.28. The minimum atomic E-state index is -0.447. The molecule has 1 fully saturated rings. The maximum atomic E-state index is 12.2. The molecule has 0 bridgehead atoms. The molecule has 2 rings (SSSR count). The molecule has 2 amide bonds. The van der Waals surface area contributed by atoms with E-state index in [0.29, 0.717) is 24.2 Å². The summed E-state index contributed by atoms with van der Waals surface area (Å²) in [4.78, 5) is 25.7. The Kier molecular flexibility index (Phi) is 5.15. The zero-order chi connectivity index (χ0) is 16.3. The number of nitrogens with two attached hydrogens (primary N) is 1. The second-order valence-corrected chi connectivity index (χ2v) is 5.78. The van der Waals surface area contributed by atoms with Gasteiger partial charge in [-0.3, -0.25) is 9.59 Å². The zero-order valence-electron chi connectivity index (χ0n) is 13.3. The zero-order valence-corrected chi connectivity index (χ0v) is 13.3. The van der Waals surface area contributed by atoms with E-state index in [1.165, 1.54) is 4.90 Å². The van der Waals surface area contributed by atoms with Crippen molar-refractivity contribution in [1.82, 2.24) is 4.90 Å². The van der Waals surface area contributed by atoms with Crippen LogP contribution in [0.3, 0.4) is 0 Å². The van der Waals surface area contributed by atoms with Crippen molar-refractivity contribution in [2.45, 2.75) is 32.0 Å². The molecule has 1 heterocycles. The first-order valence-electron chi connectivity index (χ1n) is 7.41. The van der Waals surface area contributed by atoms with Gasteiger partial charge in [0, 0.05) is 31.9 Å². The number of carbonyl (C=O) groups excluding carboxylic acids is 2. The largest absolute Gasteiger partial charge is 0.364 e. The van der Waals surface area contributed by atoms with Crippen molar-refractivity contribution in [3.8, 4) is 0 Å². The molecule has 1 aliphatic heterocycles. The Hall–Kier alpha value is -1.92. The third-order valence-electron chi connectivity index (χ3n) is 3.79. The quantitative estimate of drug-likeness (QED) is 0.873. The summed E-state index contributed by atoms with van der Waals surface area (Å²) in [5.74, 6) is -0.220. The van der Waals surface area contributed by atoms with E-state index in [1.807, 2.05) is 6.92 Å². The van der Waals surface area contributed by atoms with Crippen LogP contribution in [0.4, 0.5) is 5.69 Å². The fourth-order valence-corrected chi connectivity index (χ4v) is 2.52. The number of benzene rings is 1. The average Bonchev–Trinajstić information content (AvgIpc) is 2.95. The molecule has 0 spiro atoms. The lowest BCUT2D eigenvalue weighted by atomic mass is 10.1. The highest BCUT2D eigenvalue weighted by Crippen LogP contribution is 2.21. The summed E-state index contributed by atoms with van der Waals surface area (Å²) in [5.41, 5.74) is 7.66. The van der Waals surface area contributed by atoms with E-state index in [9.17, 15) is 9.59 Å². The van der Waals surface area contributed by atoms with Gasteiger partial charge < -0.3 is 20.7 Å². The van der Waals surface area contributed by atoms with Crippen molar-refractivity contribution in [2.24, 2.45) is 5.73 Å². The molecule has 6 nitrogen and oxygen atoms in total. The molecule has 3 N–H and O–H groups in total.